The number of halogens is 4. The Hall–Kier alpha value is -3.21. The van der Waals surface area contributed by atoms with Gasteiger partial charge in [-0.3, -0.25) is 9.59 Å². The molecule has 0 saturated heterocycles. The van der Waals surface area contributed by atoms with Crippen molar-refractivity contribution in [3.05, 3.63) is 57.2 Å². The quantitative estimate of drug-likeness (QED) is 0.555. The third kappa shape index (κ3) is 4.50. The Morgan fingerprint density at radius 2 is 1.94 bits per heavy atom. The van der Waals surface area contributed by atoms with Gasteiger partial charge in [-0.1, -0.05) is 12.1 Å². The molecule has 3 heterocycles. The van der Waals surface area contributed by atoms with Gasteiger partial charge in [-0.25, -0.2) is 9.37 Å². The minimum absolute atomic E-state index is 0.0363. The van der Waals surface area contributed by atoms with Gasteiger partial charge in [0.25, 0.3) is 5.91 Å². The highest BCUT2D eigenvalue weighted by Crippen LogP contribution is 2.45. The fourth-order valence-electron chi connectivity index (χ4n) is 3.99. The summed E-state index contributed by atoms with van der Waals surface area (Å²) in [6.07, 6.45) is -4.31. The second-order valence-electron chi connectivity index (χ2n) is 7.75. The van der Waals surface area contributed by atoms with Crippen LogP contribution in [0.4, 0.5) is 23.4 Å². The van der Waals surface area contributed by atoms with E-state index in [1.165, 1.54) is 31.2 Å². The molecule has 2 amide bonds. The van der Waals surface area contributed by atoms with Gasteiger partial charge in [0.2, 0.25) is 5.91 Å². The number of carbonyl (C=O) groups is 2. The van der Waals surface area contributed by atoms with Gasteiger partial charge >= 0.3 is 6.18 Å². The van der Waals surface area contributed by atoms with Crippen LogP contribution >= 0.6 is 11.3 Å². The van der Waals surface area contributed by atoms with Crippen molar-refractivity contribution < 1.29 is 27.2 Å². The number of anilines is 1. The van der Waals surface area contributed by atoms with E-state index >= 15 is 0 Å². The maximum absolute atomic E-state index is 14.2. The standard InChI is InChI=1S/C22H20F4N4O2S/c1-11(31)30-9-7-14-15(10-30)33-21-16(14)18(22(24,25)26)17(19(27)29-21)20(32)28-8-6-12-2-4-13(23)5-3-12/h2-5H,6-10H2,1H3,(H2,27,29)(H,28,32). The smallest absolute Gasteiger partial charge is 0.383 e. The van der Waals surface area contributed by atoms with Crippen molar-refractivity contribution in [2.45, 2.75) is 32.5 Å². The van der Waals surface area contributed by atoms with Crippen LogP contribution in [0, 0.1) is 5.82 Å². The largest absolute Gasteiger partial charge is 0.418 e. The molecule has 33 heavy (non-hydrogen) atoms. The number of nitrogens with zero attached hydrogens (tertiary/aromatic N) is 2. The first-order valence-corrected chi connectivity index (χ1v) is 11.0. The normalized spacial score (nSPS) is 13.8. The second-order valence-corrected chi connectivity index (χ2v) is 8.84. The molecule has 0 fully saturated rings. The summed E-state index contributed by atoms with van der Waals surface area (Å²) < 4.78 is 55.7. The number of hydrogen-bond donors (Lipinski definition) is 2. The summed E-state index contributed by atoms with van der Waals surface area (Å²) in [5.74, 6) is -2.05. The van der Waals surface area contributed by atoms with Crippen LogP contribution in [-0.4, -0.2) is 34.8 Å². The number of carbonyl (C=O) groups excluding carboxylic acids is 2. The highest BCUT2D eigenvalue weighted by molar-refractivity contribution is 7.18. The zero-order chi connectivity index (χ0) is 23.9. The van der Waals surface area contributed by atoms with E-state index in [1.807, 2.05) is 0 Å². The average molecular weight is 480 g/mol. The number of thiophene rings is 1. The minimum Gasteiger partial charge on any atom is -0.383 e. The number of benzene rings is 1. The second kappa shape index (κ2) is 8.62. The molecule has 6 nitrogen and oxygen atoms in total. The minimum atomic E-state index is -4.84. The van der Waals surface area contributed by atoms with E-state index in [-0.39, 0.29) is 42.2 Å². The molecule has 3 N–H and O–H groups in total. The van der Waals surface area contributed by atoms with Crippen molar-refractivity contribution in [2.24, 2.45) is 0 Å². The van der Waals surface area contributed by atoms with Crippen LogP contribution in [0.25, 0.3) is 10.2 Å². The highest BCUT2D eigenvalue weighted by Gasteiger charge is 2.41. The van der Waals surface area contributed by atoms with Gasteiger partial charge < -0.3 is 16.0 Å². The van der Waals surface area contributed by atoms with Crippen LogP contribution in [-0.2, 0) is 30.4 Å². The van der Waals surface area contributed by atoms with Crippen molar-refractivity contribution in [3.8, 4) is 0 Å². The molecule has 1 aliphatic heterocycles. The Bertz CT molecular complexity index is 1240. The van der Waals surface area contributed by atoms with E-state index in [2.05, 4.69) is 10.3 Å². The number of amides is 2. The van der Waals surface area contributed by atoms with Crippen LogP contribution in [0.15, 0.2) is 24.3 Å². The van der Waals surface area contributed by atoms with Gasteiger partial charge in [-0.2, -0.15) is 13.2 Å². The van der Waals surface area contributed by atoms with E-state index in [9.17, 15) is 27.2 Å². The molecule has 0 spiro atoms. The summed E-state index contributed by atoms with van der Waals surface area (Å²) in [5, 5.41) is 2.35. The van der Waals surface area contributed by atoms with Gasteiger partial charge in [0.1, 0.15) is 16.5 Å². The molecule has 174 valence electrons. The summed E-state index contributed by atoms with van der Waals surface area (Å²) in [6, 6.07) is 5.60. The molecule has 11 heteroatoms. The maximum atomic E-state index is 14.2. The molecule has 4 rings (SSSR count). The number of nitrogens with two attached hydrogens (primary N) is 1. The van der Waals surface area contributed by atoms with Gasteiger partial charge in [0, 0.05) is 30.3 Å². The molecule has 2 aromatic heterocycles. The van der Waals surface area contributed by atoms with E-state index in [4.69, 9.17) is 5.73 Å². The topological polar surface area (TPSA) is 88.3 Å². The monoisotopic (exact) mass is 480 g/mol. The SMILES string of the molecule is CC(=O)N1CCc2c(sc3nc(N)c(C(=O)NCCc4ccc(F)cc4)c(C(F)(F)F)c23)C1. The molecule has 0 bridgehead atoms. The fourth-order valence-corrected chi connectivity index (χ4v) is 5.24. The summed E-state index contributed by atoms with van der Waals surface area (Å²) in [6.45, 7) is 1.93. The summed E-state index contributed by atoms with van der Waals surface area (Å²) in [7, 11) is 0. The molecule has 0 atom stereocenters. The number of hydrogen-bond acceptors (Lipinski definition) is 5. The molecule has 0 radical (unpaired) electrons. The van der Waals surface area contributed by atoms with E-state index < -0.39 is 34.8 Å². The number of pyridine rings is 1. The van der Waals surface area contributed by atoms with Gasteiger partial charge in [0.05, 0.1) is 17.7 Å². The van der Waals surface area contributed by atoms with E-state index in [0.717, 1.165) is 16.9 Å². The van der Waals surface area contributed by atoms with Crippen molar-refractivity contribution in [2.75, 3.05) is 18.8 Å². The van der Waals surface area contributed by atoms with Gasteiger partial charge in [-0.05, 0) is 36.1 Å². The Kier molecular flexibility index (Phi) is 6.00. The van der Waals surface area contributed by atoms with Crippen LogP contribution < -0.4 is 11.1 Å². The van der Waals surface area contributed by atoms with Crippen LogP contribution in [0.5, 0.6) is 0 Å². The Balaban J connectivity index is 1.70. The van der Waals surface area contributed by atoms with Crippen molar-refractivity contribution in [3.63, 3.8) is 0 Å². The molecular weight excluding hydrogens is 460 g/mol. The molecule has 0 unspecified atom stereocenters. The third-order valence-electron chi connectivity index (χ3n) is 5.58. The van der Waals surface area contributed by atoms with Gasteiger partial charge in [0.15, 0.2) is 0 Å². The summed E-state index contributed by atoms with van der Waals surface area (Å²) in [4.78, 5) is 30.9. The lowest BCUT2D eigenvalue weighted by molar-refractivity contribution is -0.136. The number of fused-ring (bicyclic) bond motifs is 3. The molecule has 0 aliphatic carbocycles. The Morgan fingerprint density at radius 1 is 1.24 bits per heavy atom. The Labute approximate surface area is 190 Å². The van der Waals surface area contributed by atoms with Crippen molar-refractivity contribution in [1.82, 2.24) is 15.2 Å². The maximum Gasteiger partial charge on any atom is 0.418 e. The highest BCUT2D eigenvalue weighted by atomic mass is 32.1. The predicted octanol–water partition coefficient (Wildman–Crippen LogP) is 3.91. The molecule has 1 aliphatic rings. The zero-order valence-electron chi connectivity index (χ0n) is 17.6. The molecule has 0 saturated carbocycles. The average Bonchev–Trinajstić information content (AvgIpc) is 3.10. The molecule has 1 aromatic carbocycles. The number of alkyl halides is 3. The lowest BCUT2D eigenvalue weighted by Gasteiger charge is -2.26. The lowest BCUT2D eigenvalue weighted by atomic mass is 9.97. The predicted molar refractivity (Wildman–Crippen MR) is 116 cm³/mol. The summed E-state index contributed by atoms with van der Waals surface area (Å²) >= 11 is 1.05. The van der Waals surface area contributed by atoms with Crippen molar-refractivity contribution >= 4 is 39.2 Å². The first kappa shape index (κ1) is 23.0. The summed E-state index contributed by atoms with van der Waals surface area (Å²) in [5.41, 5.74) is 5.21. The first-order valence-electron chi connectivity index (χ1n) is 10.1. The van der Waals surface area contributed by atoms with Crippen LogP contribution in [0.1, 0.15) is 38.8 Å². The molecular formula is C22H20F4N4O2S. The van der Waals surface area contributed by atoms with E-state index in [1.54, 1.807) is 4.90 Å². The lowest BCUT2D eigenvalue weighted by Crippen LogP contribution is -2.33. The first-order chi connectivity index (χ1) is 15.6. The van der Waals surface area contributed by atoms with E-state index in [0.29, 0.717) is 16.9 Å². The molecule has 3 aromatic rings. The number of rotatable bonds is 4. The van der Waals surface area contributed by atoms with Crippen LogP contribution in [0.2, 0.25) is 0 Å². The Morgan fingerprint density at radius 3 is 2.58 bits per heavy atom. The van der Waals surface area contributed by atoms with Crippen LogP contribution in [0.3, 0.4) is 0 Å². The van der Waals surface area contributed by atoms with Crippen molar-refractivity contribution in [1.29, 1.82) is 0 Å². The van der Waals surface area contributed by atoms with Gasteiger partial charge in [-0.15, -0.1) is 11.3 Å². The number of aromatic nitrogens is 1. The zero-order valence-corrected chi connectivity index (χ0v) is 18.4. The number of nitrogen functional groups attached to an aromatic ring is 1. The fraction of sp³-hybridized carbons (Fsp3) is 0.318. The third-order valence-corrected chi connectivity index (χ3v) is 6.70. The number of nitrogens with one attached hydrogen (secondary N) is 1.